The minimum Gasteiger partial charge on any atom is -0.472 e. The zero-order valence-corrected chi connectivity index (χ0v) is 11.3. The Morgan fingerprint density at radius 1 is 1.50 bits per heavy atom. The zero-order chi connectivity index (χ0) is 13.2. The second kappa shape index (κ2) is 4.85. The summed E-state index contributed by atoms with van der Waals surface area (Å²) in [6.07, 6.45) is 3.90. The summed E-state index contributed by atoms with van der Waals surface area (Å²) >= 11 is 1.35. The summed E-state index contributed by atoms with van der Waals surface area (Å²) < 4.78 is 29.6. The second-order valence-electron chi connectivity index (χ2n) is 3.94. The Hall–Kier alpha value is -1.15. The molecule has 0 spiro atoms. The highest BCUT2D eigenvalue weighted by Gasteiger charge is 2.34. The number of hydrogen-bond acceptors (Lipinski definition) is 5. The van der Waals surface area contributed by atoms with E-state index in [2.05, 4.69) is 4.72 Å². The van der Waals surface area contributed by atoms with E-state index in [-0.39, 0.29) is 6.54 Å². The number of rotatable bonds is 5. The molecule has 7 heteroatoms. The molecule has 0 aliphatic heterocycles. The van der Waals surface area contributed by atoms with E-state index in [9.17, 15) is 13.5 Å². The molecule has 0 fully saturated rings. The third-order valence-electron chi connectivity index (χ3n) is 2.52. The third-order valence-corrected chi connectivity index (χ3v) is 4.21. The van der Waals surface area contributed by atoms with Crippen LogP contribution in [0.4, 0.5) is 0 Å². The van der Waals surface area contributed by atoms with E-state index in [0.29, 0.717) is 10.4 Å². The van der Waals surface area contributed by atoms with Crippen LogP contribution in [0.5, 0.6) is 0 Å². The molecule has 2 heterocycles. The van der Waals surface area contributed by atoms with Crippen LogP contribution in [-0.4, -0.2) is 26.3 Å². The molecule has 0 aliphatic rings. The first-order valence-electron chi connectivity index (χ1n) is 5.15. The molecule has 2 aromatic heterocycles. The van der Waals surface area contributed by atoms with Gasteiger partial charge in [0.05, 0.1) is 18.8 Å². The number of sulfonamides is 1. The Labute approximate surface area is 109 Å². The monoisotopic (exact) mass is 287 g/mol. The lowest BCUT2D eigenvalue weighted by atomic mass is 9.95. The molecule has 2 aromatic rings. The number of aliphatic hydroxyl groups is 1. The standard InChI is InChI=1S/C11H13NO4S2/c1-18(14,15)12-8-11(13,9-4-5-16-7-9)10-3-2-6-17-10/h2-7,12-13H,8H2,1H3. The molecule has 0 saturated carbocycles. The summed E-state index contributed by atoms with van der Waals surface area (Å²) in [5.41, 5.74) is -0.898. The van der Waals surface area contributed by atoms with Gasteiger partial charge >= 0.3 is 0 Å². The fourth-order valence-corrected chi connectivity index (χ4v) is 2.90. The fraction of sp³-hybridized carbons (Fsp3) is 0.273. The van der Waals surface area contributed by atoms with Crippen LogP contribution in [0.2, 0.25) is 0 Å². The molecule has 0 bridgehead atoms. The van der Waals surface area contributed by atoms with Crippen molar-refractivity contribution in [2.24, 2.45) is 0 Å². The molecule has 5 nitrogen and oxygen atoms in total. The minimum atomic E-state index is -3.38. The molecule has 2 N–H and O–H groups in total. The lowest BCUT2D eigenvalue weighted by molar-refractivity contribution is 0.0892. The predicted octanol–water partition coefficient (Wildman–Crippen LogP) is 1.13. The van der Waals surface area contributed by atoms with E-state index >= 15 is 0 Å². The molecule has 18 heavy (non-hydrogen) atoms. The van der Waals surface area contributed by atoms with Gasteiger partial charge in [0.1, 0.15) is 5.60 Å². The van der Waals surface area contributed by atoms with Gasteiger partial charge in [0.15, 0.2) is 0 Å². The smallest absolute Gasteiger partial charge is 0.208 e. The van der Waals surface area contributed by atoms with Crippen LogP contribution in [0.25, 0.3) is 0 Å². The Morgan fingerprint density at radius 3 is 2.78 bits per heavy atom. The van der Waals surface area contributed by atoms with Crippen molar-refractivity contribution >= 4 is 21.4 Å². The van der Waals surface area contributed by atoms with E-state index in [1.807, 2.05) is 5.38 Å². The fourth-order valence-electron chi connectivity index (χ4n) is 1.58. The van der Waals surface area contributed by atoms with E-state index in [1.165, 1.54) is 23.9 Å². The van der Waals surface area contributed by atoms with Gasteiger partial charge in [-0.3, -0.25) is 0 Å². The lowest BCUT2D eigenvalue weighted by Gasteiger charge is -2.25. The quantitative estimate of drug-likeness (QED) is 0.864. The molecule has 0 amide bonds. The predicted molar refractivity (Wildman–Crippen MR) is 68.9 cm³/mol. The van der Waals surface area contributed by atoms with Crippen molar-refractivity contribution in [2.45, 2.75) is 5.60 Å². The summed E-state index contributed by atoms with van der Waals surface area (Å²) in [6, 6.07) is 5.16. The van der Waals surface area contributed by atoms with Crippen molar-refractivity contribution in [2.75, 3.05) is 12.8 Å². The van der Waals surface area contributed by atoms with Crippen LogP contribution in [0.3, 0.4) is 0 Å². The normalized spacial score (nSPS) is 15.4. The van der Waals surface area contributed by atoms with Gasteiger partial charge in [0.2, 0.25) is 10.0 Å². The summed E-state index contributed by atoms with van der Waals surface area (Å²) in [4.78, 5) is 0.653. The zero-order valence-electron chi connectivity index (χ0n) is 9.66. The maximum atomic E-state index is 11.2. The van der Waals surface area contributed by atoms with Crippen molar-refractivity contribution in [3.05, 3.63) is 46.5 Å². The topological polar surface area (TPSA) is 79.5 Å². The van der Waals surface area contributed by atoms with Crippen molar-refractivity contribution in [3.8, 4) is 0 Å². The first-order valence-corrected chi connectivity index (χ1v) is 7.92. The minimum absolute atomic E-state index is 0.133. The number of thiophene rings is 1. The van der Waals surface area contributed by atoms with Gasteiger partial charge in [-0.2, -0.15) is 0 Å². The molecule has 0 radical (unpaired) electrons. The van der Waals surface area contributed by atoms with Crippen LogP contribution >= 0.6 is 11.3 Å². The Bertz CT molecular complexity index is 553. The van der Waals surface area contributed by atoms with Crippen molar-refractivity contribution < 1.29 is 17.9 Å². The van der Waals surface area contributed by atoms with E-state index < -0.39 is 15.6 Å². The highest BCUT2D eigenvalue weighted by molar-refractivity contribution is 7.88. The molecule has 1 atom stereocenters. The SMILES string of the molecule is CS(=O)(=O)NCC(O)(c1ccoc1)c1cccs1. The molecule has 0 aliphatic carbocycles. The van der Waals surface area contributed by atoms with Crippen LogP contribution in [0, 0.1) is 0 Å². The van der Waals surface area contributed by atoms with Gasteiger partial charge < -0.3 is 9.52 Å². The van der Waals surface area contributed by atoms with Crippen LogP contribution in [0.15, 0.2) is 40.5 Å². The number of nitrogens with one attached hydrogen (secondary N) is 1. The highest BCUT2D eigenvalue weighted by Crippen LogP contribution is 2.32. The molecule has 0 aromatic carbocycles. The summed E-state index contributed by atoms with van der Waals surface area (Å²) in [7, 11) is -3.38. The largest absolute Gasteiger partial charge is 0.472 e. The average Bonchev–Trinajstić information content (AvgIpc) is 2.97. The summed E-state index contributed by atoms with van der Waals surface area (Å²) in [5.74, 6) is 0. The molecule has 98 valence electrons. The highest BCUT2D eigenvalue weighted by atomic mass is 32.2. The van der Waals surface area contributed by atoms with Gasteiger partial charge in [-0.15, -0.1) is 11.3 Å². The van der Waals surface area contributed by atoms with Gasteiger partial charge in [-0.05, 0) is 17.5 Å². The van der Waals surface area contributed by atoms with Crippen LogP contribution in [0.1, 0.15) is 10.4 Å². The van der Waals surface area contributed by atoms with E-state index in [4.69, 9.17) is 4.42 Å². The number of furan rings is 1. The summed E-state index contributed by atoms with van der Waals surface area (Å²) in [5, 5.41) is 12.5. The van der Waals surface area contributed by atoms with Crippen LogP contribution < -0.4 is 4.72 Å². The number of hydrogen-bond donors (Lipinski definition) is 2. The molecular weight excluding hydrogens is 274 g/mol. The Morgan fingerprint density at radius 2 is 2.28 bits per heavy atom. The van der Waals surface area contributed by atoms with Gasteiger partial charge in [-0.1, -0.05) is 6.07 Å². The van der Waals surface area contributed by atoms with Crippen molar-refractivity contribution in [1.29, 1.82) is 0 Å². The first-order chi connectivity index (χ1) is 8.42. The second-order valence-corrected chi connectivity index (χ2v) is 6.72. The first kappa shape index (κ1) is 13.3. The van der Waals surface area contributed by atoms with Crippen molar-refractivity contribution in [3.63, 3.8) is 0 Å². The lowest BCUT2D eigenvalue weighted by Crippen LogP contribution is -2.40. The molecule has 1 unspecified atom stereocenters. The Balaban J connectivity index is 2.35. The molecule has 0 saturated heterocycles. The summed E-state index contributed by atoms with van der Waals surface area (Å²) in [6.45, 7) is -0.133. The van der Waals surface area contributed by atoms with Gasteiger partial charge in [-0.25, -0.2) is 13.1 Å². The van der Waals surface area contributed by atoms with Crippen molar-refractivity contribution in [1.82, 2.24) is 4.72 Å². The molecule has 2 rings (SSSR count). The van der Waals surface area contributed by atoms with Gasteiger partial charge in [0, 0.05) is 17.0 Å². The third kappa shape index (κ3) is 2.81. The maximum absolute atomic E-state index is 11.2. The van der Waals surface area contributed by atoms with Gasteiger partial charge in [0.25, 0.3) is 0 Å². The van der Waals surface area contributed by atoms with E-state index in [1.54, 1.807) is 18.2 Å². The van der Waals surface area contributed by atoms with E-state index in [0.717, 1.165) is 6.26 Å². The molecular formula is C11H13NO4S2. The van der Waals surface area contributed by atoms with Crippen LogP contribution in [-0.2, 0) is 15.6 Å². The average molecular weight is 287 g/mol. The Kier molecular flexibility index (Phi) is 3.58. The maximum Gasteiger partial charge on any atom is 0.208 e.